The van der Waals surface area contributed by atoms with Crippen molar-refractivity contribution in [3.05, 3.63) is 48.0 Å². The maximum atomic E-state index is 13.8. The van der Waals surface area contributed by atoms with Gasteiger partial charge in [-0.15, -0.1) is 0 Å². The van der Waals surface area contributed by atoms with E-state index in [0.29, 0.717) is 0 Å². The Hall–Kier alpha value is -3.03. The van der Waals surface area contributed by atoms with E-state index in [4.69, 9.17) is 14.2 Å². The third-order valence-electron chi connectivity index (χ3n) is 5.40. The lowest BCUT2D eigenvalue weighted by Crippen LogP contribution is -2.51. The summed E-state index contributed by atoms with van der Waals surface area (Å²) in [6.07, 6.45) is -7.26. The summed E-state index contributed by atoms with van der Waals surface area (Å²) in [6.45, 7) is -0.537. The summed E-state index contributed by atoms with van der Waals surface area (Å²) in [6, 6.07) is 10.3. The van der Waals surface area contributed by atoms with E-state index in [1.165, 1.54) is 36.9 Å². The Labute approximate surface area is 194 Å². The van der Waals surface area contributed by atoms with Crippen molar-refractivity contribution in [2.45, 2.75) is 30.1 Å². The van der Waals surface area contributed by atoms with Crippen LogP contribution in [0.4, 0.5) is 13.2 Å². The van der Waals surface area contributed by atoms with E-state index in [-0.39, 0.29) is 17.2 Å². The number of hydrogen-bond donors (Lipinski definition) is 2. The van der Waals surface area contributed by atoms with E-state index in [1.807, 2.05) is 0 Å². The highest BCUT2D eigenvalue weighted by Gasteiger charge is 2.49. The van der Waals surface area contributed by atoms with Crippen molar-refractivity contribution in [1.82, 2.24) is 9.79 Å². The summed E-state index contributed by atoms with van der Waals surface area (Å²) in [4.78, 5) is 11.7. The molecule has 2 atom stereocenters. The molecule has 13 heteroatoms. The molecule has 2 unspecified atom stereocenters. The van der Waals surface area contributed by atoms with Gasteiger partial charge in [-0.25, -0.2) is 13.9 Å². The molecular weight excluding hydrogens is 481 g/mol. The van der Waals surface area contributed by atoms with Gasteiger partial charge in [0, 0.05) is 13.0 Å². The summed E-state index contributed by atoms with van der Waals surface area (Å²) in [5, 5.41) is 9.19. The number of nitrogens with one attached hydrogen (secondary N) is 1. The predicted octanol–water partition coefficient (Wildman–Crippen LogP) is 3.19. The van der Waals surface area contributed by atoms with Crippen LogP contribution in [0.15, 0.2) is 47.4 Å². The number of piperidine rings is 1. The van der Waals surface area contributed by atoms with Gasteiger partial charge in [-0.3, -0.25) is 10.0 Å². The van der Waals surface area contributed by atoms with E-state index < -0.39 is 64.1 Å². The Balaban J connectivity index is 2.14. The summed E-state index contributed by atoms with van der Waals surface area (Å²) in [5.74, 6) is -3.30. The molecule has 9 nitrogen and oxygen atoms in total. The molecule has 0 spiro atoms. The predicted molar refractivity (Wildman–Crippen MR) is 112 cm³/mol. The van der Waals surface area contributed by atoms with E-state index in [0.717, 1.165) is 11.4 Å². The molecule has 186 valence electrons. The number of benzene rings is 2. The lowest BCUT2D eigenvalue weighted by Gasteiger charge is -2.39. The van der Waals surface area contributed by atoms with Gasteiger partial charge in [-0.2, -0.15) is 17.5 Å². The topological polar surface area (TPSA) is 114 Å². The van der Waals surface area contributed by atoms with Crippen molar-refractivity contribution in [2.24, 2.45) is 5.92 Å². The average Bonchev–Trinajstić information content (AvgIpc) is 2.82. The smallest absolute Gasteiger partial charge is 0.392 e. The van der Waals surface area contributed by atoms with Crippen LogP contribution in [0.25, 0.3) is 0 Å². The summed E-state index contributed by atoms with van der Waals surface area (Å²) < 4.78 is 84.7. The number of para-hydroxylation sites is 1. The molecule has 1 saturated heterocycles. The number of amides is 1. The van der Waals surface area contributed by atoms with Crippen LogP contribution < -0.4 is 19.7 Å². The summed E-state index contributed by atoms with van der Waals surface area (Å²) in [7, 11) is -2.35. The molecule has 2 aromatic carbocycles. The average molecular weight is 504 g/mol. The lowest BCUT2D eigenvalue weighted by atomic mass is 9.96. The van der Waals surface area contributed by atoms with Gasteiger partial charge in [0.25, 0.3) is 15.9 Å². The molecule has 1 aliphatic heterocycles. The summed E-state index contributed by atoms with van der Waals surface area (Å²) in [5.41, 5.74) is 0.795. The fourth-order valence-electron chi connectivity index (χ4n) is 3.76. The number of methoxy groups -OCH3 is 2. The molecule has 0 bridgehead atoms. The lowest BCUT2D eigenvalue weighted by molar-refractivity contribution is -0.194. The zero-order chi connectivity index (χ0) is 25.1. The first-order chi connectivity index (χ1) is 16.0. The monoisotopic (exact) mass is 504 g/mol. The van der Waals surface area contributed by atoms with Crippen LogP contribution in [0.2, 0.25) is 0 Å². The Bertz CT molecular complexity index is 1130. The fraction of sp³-hybridized carbons (Fsp3) is 0.381. The van der Waals surface area contributed by atoms with Crippen LogP contribution in [0.1, 0.15) is 23.2 Å². The minimum atomic E-state index is -4.70. The van der Waals surface area contributed by atoms with Gasteiger partial charge < -0.3 is 14.2 Å². The highest BCUT2D eigenvalue weighted by Crippen LogP contribution is 2.42. The Kier molecular flexibility index (Phi) is 7.58. The van der Waals surface area contributed by atoms with E-state index in [2.05, 4.69) is 0 Å². The van der Waals surface area contributed by atoms with E-state index >= 15 is 0 Å². The molecular formula is C21H23F3N2O7S. The molecule has 2 N–H and O–H groups in total. The molecule has 1 aliphatic rings. The van der Waals surface area contributed by atoms with Crippen molar-refractivity contribution < 1.29 is 45.8 Å². The molecule has 0 aliphatic carbocycles. The second-order valence-electron chi connectivity index (χ2n) is 7.38. The number of sulfonamides is 1. The van der Waals surface area contributed by atoms with E-state index in [9.17, 15) is 31.6 Å². The molecule has 0 aromatic heterocycles. The van der Waals surface area contributed by atoms with Crippen molar-refractivity contribution in [3.8, 4) is 17.2 Å². The van der Waals surface area contributed by atoms with Crippen LogP contribution >= 0.6 is 0 Å². The van der Waals surface area contributed by atoms with Crippen LogP contribution in [0.5, 0.6) is 17.2 Å². The number of carbonyl (C=O) groups excluding carboxylic acids is 1. The normalized spacial score (nSPS) is 19.4. The number of carbonyl (C=O) groups is 1. The van der Waals surface area contributed by atoms with E-state index in [1.54, 1.807) is 18.2 Å². The molecule has 0 saturated carbocycles. The summed E-state index contributed by atoms with van der Waals surface area (Å²) >= 11 is 0. The van der Waals surface area contributed by atoms with Gasteiger partial charge in [0.1, 0.15) is 27.7 Å². The molecule has 0 radical (unpaired) electrons. The zero-order valence-corrected chi connectivity index (χ0v) is 19.0. The minimum absolute atomic E-state index is 0.168. The van der Waals surface area contributed by atoms with Crippen LogP contribution in [-0.4, -0.2) is 57.0 Å². The van der Waals surface area contributed by atoms with Crippen LogP contribution in [0.3, 0.4) is 0 Å². The molecule has 3 rings (SSSR count). The third kappa shape index (κ3) is 5.05. The second-order valence-corrected chi connectivity index (χ2v) is 9.21. The number of hydroxylamine groups is 1. The Morgan fingerprint density at radius 3 is 2.26 bits per heavy atom. The first-order valence-electron chi connectivity index (χ1n) is 10.0. The van der Waals surface area contributed by atoms with Gasteiger partial charge in [0.15, 0.2) is 6.23 Å². The first kappa shape index (κ1) is 25.6. The quantitative estimate of drug-likeness (QED) is 0.440. The van der Waals surface area contributed by atoms with Gasteiger partial charge in [-0.05, 0) is 30.7 Å². The van der Waals surface area contributed by atoms with Crippen molar-refractivity contribution in [2.75, 3.05) is 20.8 Å². The van der Waals surface area contributed by atoms with Gasteiger partial charge in [-0.1, -0.05) is 18.2 Å². The minimum Gasteiger partial charge on any atom is -0.496 e. The third-order valence-corrected chi connectivity index (χ3v) is 7.36. The number of rotatable bonds is 7. The van der Waals surface area contributed by atoms with Crippen molar-refractivity contribution in [1.29, 1.82) is 0 Å². The number of halogens is 3. The standard InChI is InChI=1S/C21H23F3N2O7S/c1-31-15-8-9-16(32-2)19(18(15)20(27)25-28)34(29,30)26-11-10-13(21(22,23)24)12-17(26)33-14-6-4-3-5-7-14/h3-9,13,17,28H,10-12H2,1-2H3,(H,25,27). The highest BCUT2D eigenvalue weighted by atomic mass is 32.2. The zero-order valence-electron chi connectivity index (χ0n) is 18.2. The number of hydrogen-bond acceptors (Lipinski definition) is 7. The Morgan fingerprint density at radius 2 is 1.71 bits per heavy atom. The molecule has 1 fully saturated rings. The van der Waals surface area contributed by atoms with Gasteiger partial charge in [0.05, 0.1) is 20.1 Å². The van der Waals surface area contributed by atoms with Crippen LogP contribution in [0, 0.1) is 5.92 Å². The maximum Gasteiger partial charge on any atom is 0.392 e. The number of ether oxygens (including phenoxy) is 3. The maximum absolute atomic E-state index is 13.8. The molecule has 1 heterocycles. The van der Waals surface area contributed by atoms with Crippen molar-refractivity contribution in [3.63, 3.8) is 0 Å². The van der Waals surface area contributed by atoms with Crippen LogP contribution in [-0.2, 0) is 10.0 Å². The molecule has 2 aromatic rings. The van der Waals surface area contributed by atoms with Gasteiger partial charge in [0.2, 0.25) is 0 Å². The second kappa shape index (κ2) is 10.1. The Morgan fingerprint density at radius 1 is 1.09 bits per heavy atom. The fourth-order valence-corrected chi connectivity index (χ4v) is 5.64. The number of nitrogens with zero attached hydrogens (tertiary/aromatic N) is 1. The number of alkyl halides is 3. The molecule has 34 heavy (non-hydrogen) atoms. The van der Waals surface area contributed by atoms with Gasteiger partial charge >= 0.3 is 6.18 Å². The first-order valence-corrected chi connectivity index (χ1v) is 11.5. The van der Waals surface area contributed by atoms with Crippen molar-refractivity contribution >= 4 is 15.9 Å². The highest BCUT2D eigenvalue weighted by molar-refractivity contribution is 7.89. The largest absolute Gasteiger partial charge is 0.496 e. The molecule has 1 amide bonds. The SMILES string of the molecule is COc1ccc(OC)c(S(=O)(=O)N2CCC(C(F)(F)F)CC2Oc2ccccc2)c1C(=O)NO.